The fraction of sp³-hybridized carbons (Fsp3) is 0.533. The first-order valence-corrected chi connectivity index (χ1v) is 7.86. The lowest BCUT2D eigenvalue weighted by molar-refractivity contribution is 0.0645. The highest BCUT2D eigenvalue weighted by Gasteiger charge is 2.27. The summed E-state index contributed by atoms with van der Waals surface area (Å²) in [6.07, 6.45) is 5.37. The van der Waals surface area contributed by atoms with Crippen LogP contribution in [0.3, 0.4) is 0 Å². The molecule has 0 spiro atoms. The van der Waals surface area contributed by atoms with Gasteiger partial charge in [0.05, 0.1) is 5.56 Å². The monoisotopic (exact) mass is 317 g/mol. The molecule has 0 N–H and O–H groups in total. The molecule has 1 saturated carbocycles. The van der Waals surface area contributed by atoms with Crippen LogP contribution in [0.5, 0.6) is 0 Å². The number of carbonyl (C=O) groups is 1. The fourth-order valence-electron chi connectivity index (χ4n) is 2.75. The predicted octanol–water partition coefficient (Wildman–Crippen LogP) is 4.49. The van der Waals surface area contributed by atoms with Crippen LogP contribution in [0.2, 0.25) is 5.02 Å². The highest BCUT2D eigenvalue weighted by atomic mass is 35.5. The number of hydrogen-bond donors (Lipinski definition) is 0. The van der Waals surface area contributed by atoms with Crippen LogP contribution >= 0.6 is 23.2 Å². The van der Waals surface area contributed by atoms with E-state index >= 15 is 0 Å². The third-order valence-electron chi connectivity index (χ3n) is 3.76. The molecule has 0 atom stereocenters. The largest absolute Gasteiger partial charge is 0.334 e. The normalized spacial score (nSPS) is 16.1. The van der Waals surface area contributed by atoms with Gasteiger partial charge in [-0.05, 0) is 31.0 Å². The molecule has 0 bridgehead atoms. The Morgan fingerprint density at radius 1 is 1.30 bits per heavy atom. The number of carbonyl (C=O) groups excluding carboxylic acids is 1. The molecule has 1 amide bonds. The zero-order valence-corrected chi connectivity index (χ0v) is 12.8. The maximum absolute atomic E-state index is 13.9. The Balaban J connectivity index is 2.21. The molecule has 0 radical (unpaired) electrons. The van der Waals surface area contributed by atoms with Crippen LogP contribution in [0, 0.1) is 5.82 Å². The van der Waals surface area contributed by atoms with Gasteiger partial charge in [0.2, 0.25) is 0 Å². The molecule has 0 aromatic heterocycles. The summed E-state index contributed by atoms with van der Waals surface area (Å²) in [5.41, 5.74) is 0.0742. The molecule has 0 aliphatic heterocycles. The lowest BCUT2D eigenvalue weighted by Crippen LogP contribution is -2.43. The molecule has 1 aliphatic carbocycles. The van der Waals surface area contributed by atoms with E-state index in [2.05, 4.69) is 0 Å². The Labute approximate surface area is 128 Å². The van der Waals surface area contributed by atoms with Gasteiger partial charge in [0.15, 0.2) is 0 Å². The lowest BCUT2D eigenvalue weighted by atomic mass is 9.93. The number of amides is 1. The Kier molecular flexibility index (Phi) is 5.67. The van der Waals surface area contributed by atoms with Crippen molar-refractivity contribution in [2.75, 3.05) is 12.4 Å². The molecule has 0 heterocycles. The first-order chi connectivity index (χ1) is 9.63. The summed E-state index contributed by atoms with van der Waals surface area (Å²) in [4.78, 5) is 14.3. The number of halogens is 3. The van der Waals surface area contributed by atoms with Gasteiger partial charge in [0.25, 0.3) is 5.91 Å². The molecule has 0 unspecified atom stereocenters. The average Bonchev–Trinajstić information content (AvgIpc) is 2.45. The smallest absolute Gasteiger partial charge is 0.257 e. The molecule has 2 nitrogen and oxygen atoms in total. The average molecular weight is 318 g/mol. The van der Waals surface area contributed by atoms with Gasteiger partial charge in [-0.25, -0.2) is 4.39 Å². The van der Waals surface area contributed by atoms with Gasteiger partial charge in [-0.15, -0.1) is 11.6 Å². The Hall–Kier alpha value is -0.800. The van der Waals surface area contributed by atoms with Gasteiger partial charge in [-0.1, -0.05) is 30.9 Å². The van der Waals surface area contributed by atoms with Gasteiger partial charge >= 0.3 is 0 Å². The quantitative estimate of drug-likeness (QED) is 0.749. The van der Waals surface area contributed by atoms with Gasteiger partial charge in [0, 0.05) is 23.5 Å². The van der Waals surface area contributed by atoms with Gasteiger partial charge in [-0.3, -0.25) is 4.79 Å². The third kappa shape index (κ3) is 3.64. The van der Waals surface area contributed by atoms with Crippen molar-refractivity contribution >= 4 is 29.1 Å². The minimum atomic E-state index is -0.571. The highest BCUT2D eigenvalue weighted by Crippen LogP contribution is 2.25. The maximum atomic E-state index is 13.9. The Bertz CT molecular complexity index is 475. The maximum Gasteiger partial charge on any atom is 0.257 e. The van der Waals surface area contributed by atoms with E-state index in [4.69, 9.17) is 23.2 Å². The minimum Gasteiger partial charge on any atom is -0.334 e. The zero-order chi connectivity index (χ0) is 14.5. The summed E-state index contributed by atoms with van der Waals surface area (Å²) in [6, 6.07) is 4.33. The van der Waals surface area contributed by atoms with Crippen molar-refractivity contribution in [2.45, 2.75) is 38.1 Å². The van der Waals surface area contributed by atoms with Crippen molar-refractivity contribution in [3.63, 3.8) is 0 Å². The van der Waals surface area contributed by atoms with Crippen molar-refractivity contribution in [1.82, 2.24) is 4.90 Å². The van der Waals surface area contributed by atoms with E-state index in [9.17, 15) is 9.18 Å². The van der Waals surface area contributed by atoms with Crippen LogP contribution in [-0.2, 0) is 0 Å². The van der Waals surface area contributed by atoms with E-state index in [1.165, 1.54) is 24.6 Å². The number of rotatable bonds is 4. The summed E-state index contributed by atoms with van der Waals surface area (Å²) in [5, 5.41) is 0.292. The predicted molar refractivity (Wildman–Crippen MR) is 80.0 cm³/mol. The summed E-state index contributed by atoms with van der Waals surface area (Å²) in [6.45, 7) is 0.452. The second-order valence-electron chi connectivity index (χ2n) is 5.10. The van der Waals surface area contributed by atoms with Crippen molar-refractivity contribution in [3.8, 4) is 0 Å². The summed E-state index contributed by atoms with van der Waals surface area (Å²) >= 11 is 11.5. The molecule has 5 heteroatoms. The summed E-state index contributed by atoms with van der Waals surface area (Å²) < 4.78 is 13.9. The van der Waals surface area contributed by atoms with Gasteiger partial charge in [0.1, 0.15) is 5.82 Å². The second-order valence-corrected chi connectivity index (χ2v) is 5.92. The molecule has 1 aromatic rings. The van der Waals surface area contributed by atoms with E-state index in [-0.39, 0.29) is 17.5 Å². The standard InChI is InChI=1S/C15H18Cl2FNO/c16-8-9-19(12-4-2-1-3-5-12)15(20)13-7-6-11(17)10-14(13)18/h6-7,10,12H,1-5,8-9H2. The van der Waals surface area contributed by atoms with Crippen LogP contribution in [0.1, 0.15) is 42.5 Å². The molecule has 1 aliphatic rings. The molecule has 110 valence electrons. The summed E-state index contributed by atoms with van der Waals surface area (Å²) in [5.74, 6) is -0.498. The molecular weight excluding hydrogens is 300 g/mol. The number of alkyl halides is 1. The zero-order valence-electron chi connectivity index (χ0n) is 11.2. The van der Waals surface area contributed by atoms with E-state index in [1.54, 1.807) is 4.90 Å². The van der Waals surface area contributed by atoms with Crippen molar-refractivity contribution in [1.29, 1.82) is 0 Å². The molecule has 20 heavy (non-hydrogen) atoms. The fourth-order valence-corrected chi connectivity index (χ4v) is 3.09. The van der Waals surface area contributed by atoms with Gasteiger partial charge < -0.3 is 4.90 Å². The lowest BCUT2D eigenvalue weighted by Gasteiger charge is -2.34. The van der Waals surface area contributed by atoms with E-state index in [0.29, 0.717) is 17.4 Å². The highest BCUT2D eigenvalue weighted by molar-refractivity contribution is 6.30. The van der Waals surface area contributed by atoms with Crippen molar-refractivity contribution < 1.29 is 9.18 Å². The third-order valence-corrected chi connectivity index (χ3v) is 4.17. The van der Waals surface area contributed by atoms with E-state index in [1.807, 2.05) is 0 Å². The van der Waals surface area contributed by atoms with E-state index < -0.39 is 5.82 Å². The topological polar surface area (TPSA) is 20.3 Å². The van der Waals surface area contributed by atoms with Crippen LogP contribution in [0.4, 0.5) is 4.39 Å². The first-order valence-electron chi connectivity index (χ1n) is 6.95. The number of benzene rings is 1. The molecule has 1 aromatic carbocycles. The van der Waals surface area contributed by atoms with Gasteiger partial charge in [-0.2, -0.15) is 0 Å². The van der Waals surface area contributed by atoms with Crippen LogP contribution in [-0.4, -0.2) is 29.3 Å². The molecule has 2 rings (SSSR count). The first kappa shape index (κ1) is 15.6. The molecule has 0 saturated heterocycles. The van der Waals surface area contributed by atoms with E-state index in [0.717, 1.165) is 25.7 Å². The minimum absolute atomic E-state index is 0.0742. The molecule has 1 fully saturated rings. The second kappa shape index (κ2) is 7.28. The number of nitrogens with zero attached hydrogens (tertiary/aromatic N) is 1. The number of hydrogen-bond acceptors (Lipinski definition) is 1. The molecular formula is C15H18Cl2FNO. The van der Waals surface area contributed by atoms with Crippen LogP contribution < -0.4 is 0 Å². The van der Waals surface area contributed by atoms with Crippen molar-refractivity contribution in [2.24, 2.45) is 0 Å². The van der Waals surface area contributed by atoms with Crippen LogP contribution in [0.15, 0.2) is 18.2 Å². The summed E-state index contributed by atoms with van der Waals surface area (Å²) in [7, 11) is 0. The van der Waals surface area contributed by atoms with Crippen molar-refractivity contribution in [3.05, 3.63) is 34.6 Å². The van der Waals surface area contributed by atoms with Crippen LogP contribution in [0.25, 0.3) is 0 Å². The SMILES string of the molecule is O=C(c1ccc(Cl)cc1F)N(CCCl)C1CCCCC1. The Morgan fingerprint density at radius 2 is 2.00 bits per heavy atom. The Morgan fingerprint density at radius 3 is 2.60 bits per heavy atom.